The fourth-order valence-electron chi connectivity index (χ4n) is 2.29. The molecule has 0 bridgehead atoms. The Bertz CT molecular complexity index is 640. The van der Waals surface area contributed by atoms with Gasteiger partial charge < -0.3 is 14.8 Å². The molecule has 3 rings (SSSR count). The van der Waals surface area contributed by atoms with Gasteiger partial charge in [-0.1, -0.05) is 37.3 Å². The van der Waals surface area contributed by atoms with Crippen molar-refractivity contribution in [1.82, 2.24) is 5.32 Å². The van der Waals surface area contributed by atoms with Crippen LogP contribution in [0, 0.1) is 0 Å². The molecule has 21 heavy (non-hydrogen) atoms. The number of carbonyl (C=O) groups excluding carboxylic acids is 1. The Morgan fingerprint density at radius 2 is 1.90 bits per heavy atom. The van der Waals surface area contributed by atoms with Crippen molar-refractivity contribution in [1.29, 1.82) is 0 Å². The number of hydrogen-bond donors (Lipinski definition) is 1. The van der Waals surface area contributed by atoms with Gasteiger partial charge in [-0.25, -0.2) is 0 Å². The van der Waals surface area contributed by atoms with E-state index >= 15 is 0 Å². The average molecular weight is 283 g/mol. The molecule has 2 aromatic rings. The number of nitrogens with one attached hydrogen (secondary N) is 1. The molecule has 1 aliphatic rings. The maximum atomic E-state index is 12.2. The van der Waals surface area contributed by atoms with Gasteiger partial charge in [-0.3, -0.25) is 4.79 Å². The standard InChI is InChI=1S/C17H17NO3/c1-12(13-5-3-2-4-6-13)10-18-17(19)14-7-8-15-16(9-14)21-11-20-15/h2-9,12H,10-11H2,1H3,(H,18,19)/t12-/m1/s1. The Hall–Kier alpha value is -2.49. The molecule has 2 aromatic carbocycles. The Morgan fingerprint density at radius 1 is 1.14 bits per heavy atom. The number of benzene rings is 2. The summed E-state index contributed by atoms with van der Waals surface area (Å²) in [7, 11) is 0. The minimum absolute atomic E-state index is 0.101. The van der Waals surface area contributed by atoms with Crippen LogP contribution in [-0.4, -0.2) is 19.2 Å². The molecule has 0 fully saturated rings. The highest BCUT2D eigenvalue weighted by molar-refractivity contribution is 5.94. The van der Waals surface area contributed by atoms with Crippen LogP contribution in [0.25, 0.3) is 0 Å². The van der Waals surface area contributed by atoms with Crippen molar-refractivity contribution in [2.75, 3.05) is 13.3 Å². The molecule has 0 saturated carbocycles. The highest BCUT2D eigenvalue weighted by Gasteiger charge is 2.16. The third kappa shape index (κ3) is 2.99. The van der Waals surface area contributed by atoms with E-state index in [1.54, 1.807) is 18.2 Å². The van der Waals surface area contributed by atoms with Gasteiger partial charge in [0.1, 0.15) is 0 Å². The molecule has 1 heterocycles. The van der Waals surface area contributed by atoms with Crippen LogP contribution in [0.2, 0.25) is 0 Å². The topological polar surface area (TPSA) is 47.6 Å². The van der Waals surface area contributed by atoms with Crippen LogP contribution in [0.5, 0.6) is 11.5 Å². The molecule has 0 aromatic heterocycles. The number of hydrogen-bond acceptors (Lipinski definition) is 3. The van der Waals surface area contributed by atoms with Gasteiger partial charge in [0.05, 0.1) is 0 Å². The zero-order valence-corrected chi connectivity index (χ0v) is 11.8. The van der Waals surface area contributed by atoms with Crippen LogP contribution < -0.4 is 14.8 Å². The quantitative estimate of drug-likeness (QED) is 0.938. The van der Waals surface area contributed by atoms with Crippen molar-refractivity contribution in [2.24, 2.45) is 0 Å². The zero-order chi connectivity index (χ0) is 14.7. The van der Waals surface area contributed by atoms with Gasteiger partial charge in [-0.15, -0.1) is 0 Å². The van der Waals surface area contributed by atoms with Crippen LogP contribution in [0.1, 0.15) is 28.8 Å². The lowest BCUT2D eigenvalue weighted by Gasteiger charge is -2.13. The smallest absolute Gasteiger partial charge is 0.251 e. The lowest BCUT2D eigenvalue weighted by atomic mass is 10.0. The lowest BCUT2D eigenvalue weighted by Crippen LogP contribution is -2.27. The first-order valence-electron chi connectivity index (χ1n) is 6.97. The van der Waals surface area contributed by atoms with Gasteiger partial charge in [-0.05, 0) is 29.7 Å². The van der Waals surface area contributed by atoms with Crippen LogP contribution in [0.15, 0.2) is 48.5 Å². The molecule has 1 amide bonds. The first-order valence-corrected chi connectivity index (χ1v) is 6.97. The van der Waals surface area contributed by atoms with Crippen LogP contribution >= 0.6 is 0 Å². The summed E-state index contributed by atoms with van der Waals surface area (Å²) in [5.74, 6) is 1.48. The Labute approximate surface area is 123 Å². The van der Waals surface area contributed by atoms with E-state index in [0.29, 0.717) is 23.6 Å². The molecule has 1 aliphatic heterocycles. The second-order valence-corrected chi connectivity index (χ2v) is 5.09. The molecular weight excluding hydrogens is 266 g/mol. The molecule has 0 spiro atoms. The van der Waals surface area contributed by atoms with E-state index in [9.17, 15) is 4.79 Å². The molecule has 4 nitrogen and oxygen atoms in total. The van der Waals surface area contributed by atoms with Gasteiger partial charge >= 0.3 is 0 Å². The maximum absolute atomic E-state index is 12.2. The number of carbonyl (C=O) groups is 1. The maximum Gasteiger partial charge on any atom is 0.251 e. The van der Waals surface area contributed by atoms with E-state index < -0.39 is 0 Å². The molecule has 1 atom stereocenters. The van der Waals surface area contributed by atoms with Gasteiger partial charge in [0.25, 0.3) is 5.91 Å². The highest BCUT2D eigenvalue weighted by Crippen LogP contribution is 2.32. The van der Waals surface area contributed by atoms with Crippen LogP contribution in [0.3, 0.4) is 0 Å². The van der Waals surface area contributed by atoms with Crippen LogP contribution in [0.4, 0.5) is 0 Å². The van der Waals surface area contributed by atoms with Gasteiger partial charge in [0.15, 0.2) is 11.5 Å². The van der Waals surface area contributed by atoms with E-state index in [2.05, 4.69) is 24.4 Å². The molecule has 0 saturated heterocycles. The second kappa shape index (κ2) is 5.87. The van der Waals surface area contributed by atoms with Gasteiger partial charge in [-0.2, -0.15) is 0 Å². The average Bonchev–Trinajstić information content (AvgIpc) is 3.00. The number of amides is 1. The molecule has 1 N–H and O–H groups in total. The van der Waals surface area contributed by atoms with Crippen molar-refractivity contribution >= 4 is 5.91 Å². The summed E-state index contributed by atoms with van der Waals surface area (Å²) in [6, 6.07) is 15.4. The fraction of sp³-hybridized carbons (Fsp3) is 0.235. The van der Waals surface area contributed by atoms with Crippen molar-refractivity contribution < 1.29 is 14.3 Å². The minimum Gasteiger partial charge on any atom is -0.454 e. The van der Waals surface area contributed by atoms with E-state index in [4.69, 9.17) is 9.47 Å². The Morgan fingerprint density at radius 3 is 2.71 bits per heavy atom. The van der Waals surface area contributed by atoms with Crippen LogP contribution in [-0.2, 0) is 0 Å². The lowest BCUT2D eigenvalue weighted by molar-refractivity contribution is 0.0951. The third-order valence-corrected chi connectivity index (χ3v) is 3.57. The number of fused-ring (bicyclic) bond motifs is 1. The fourth-order valence-corrected chi connectivity index (χ4v) is 2.29. The van der Waals surface area contributed by atoms with E-state index in [1.165, 1.54) is 5.56 Å². The molecule has 0 unspecified atom stereocenters. The van der Waals surface area contributed by atoms with E-state index in [1.807, 2.05) is 18.2 Å². The number of rotatable bonds is 4. The van der Waals surface area contributed by atoms with Crippen molar-refractivity contribution in [3.05, 3.63) is 59.7 Å². The van der Waals surface area contributed by atoms with E-state index in [0.717, 1.165) is 0 Å². The van der Waals surface area contributed by atoms with E-state index in [-0.39, 0.29) is 18.6 Å². The predicted octanol–water partition coefficient (Wildman–Crippen LogP) is 2.95. The monoisotopic (exact) mass is 283 g/mol. The molecular formula is C17H17NO3. The Balaban J connectivity index is 1.62. The zero-order valence-electron chi connectivity index (χ0n) is 11.8. The largest absolute Gasteiger partial charge is 0.454 e. The summed E-state index contributed by atoms with van der Waals surface area (Å²) in [6.45, 7) is 2.90. The second-order valence-electron chi connectivity index (χ2n) is 5.09. The minimum atomic E-state index is -0.101. The molecule has 4 heteroatoms. The first-order chi connectivity index (χ1) is 10.2. The normalized spacial score (nSPS) is 13.8. The molecule has 0 radical (unpaired) electrons. The summed E-state index contributed by atoms with van der Waals surface area (Å²) in [5.41, 5.74) is 1.79. The molecule has 0 aliphatic carbocycles. The van der Waals surface area contributed by atoms with Gasteiger partial charge in [0.2, 0.25) is 6.79 Å². The summed E-state index contributed by atoms with van der Waals surface area (Å²) < 4.78 is 10.5. The summed E-state index contributed by atoms with van der Waals surface area (Å²) in [5, 5.41) is 2.95. The Kier molecular flexibility index (Phi) is 3.77. The summed E-state index contributed by atoms with van der Waals surface area (Å²) in [4.78, 5) is 12.2. The van der Waals surface area contributed by atoms with Crippen molar-refractivity contribution in [2.45, 2.75) is 12.8 Å². The van der Waals surface area contributed by atoms with Gasteiger partial charge in [0, 0.05) is 12.1 Å². The summed E-state index contributed by atoms with van der Waals surface area (Å²) in [6.07, 6.45) is 0. The first kappa shape index (κ1) is 13.5. The van der Waals surface area contributed by atoms with Crippen molar-refractivity contribution in [3.63, 3.8) is 0 Å². The molecule has 108 valence electrons. The number of ether oxygens (including phenoxy) is 2. The summed E-state index contributed by atoms with van der Waals surface area (Å²) >= 11 is 0. The predicted molar refractivity (Wildman–Crippen MR) is 79.8 cm³/mol. The third-order valence-electron chi connectivity index (χ3n) is 3.57. The SMILES string of the molecule is C[C@H](CNC(=O)c1ccc2c(c1)OCO2)c1ccccc1. The highest BCUT2D eigenvalue weighted by atomic mass is 16.7. The van der Waals surface area contributed by atoms with Crippen molar-refractivity contribution in [3.8, 4) is 11.5 Å².